The molecule has 4 nitrogen and oxygen atoms in total. The second-order valence-electron chi connectivity index (χ2n) is 5.69. The Labute approximate surface area is 146 Å². The zero-order valence-electron chi connectivity index (χ0n) is 13.8. The van der Waals surface area contributed by atoms with Gasteiger partial charge in [-0.05, 0) is 43.0 Å². The van der Waals surface area contributed by atoms with E-state index in [1.165, 1.54) is 18.2 Å². The molecule has 5 heteroatoms. The number of rotatable bonds is 5. The Hall–Kier alpha value is -2.20. The second kappa shape index (κ2) is 7.14. The lowest BCUT2D eigenvalue weighted by atomic mass is 10.1. The van der Waals surface area contributed by atoms with E-state index in [9.17, 15) is 4.79 Å². The van der Waals surface area contributed by atoms with Gasteiger partial charge < -0.3 is 14.8 Å². The summed E-state index contributed by atoms with van der Waals surface area (Å²) in [5, 5.41) is 3.46. The van der Waals surface area contributed by atoms with Crippen molar-refractivity contribution in [3.63, 3.8) is 0 Å². The van der Waals surface area contributed by atoms with Crippen LogP contribution in [0.3, 0.4) is 0 Å². The number of methoxy groups -OCH3 is 1. The number of ether oxygens (including phenoxy) is 2. The maximum atomic E-state index is 12.6. The van der Waals surface area contributed by atoms with E-state index >= 15 is 0 Å². The molecule has 3 rings (SSSR count). The monoisotopic (exact) mass is 345 g/mol. The van der Waals surface area contributed by atoms with Gasteiger partial charge in [-0.3, -0.25) is 4.79 Å². The fourth-order valence-corrected chi connectivity index (χ4v) is 3.35. The molecule has 0 fully saturated rings. The molecule has 1 aliphatic rings. The number of hydrogen-bond donors (Lipinski definition) is 1. The SMILES string of the molecule is CCOc1c(Cl)cc(C(=O)N[C@H]2CCc3ccccc32)cc1OC. The van der Waals surface area contributed by atoms with Gasteiger partial charge in [-0.25, -0.2) is 0 Å². The number of fused-ring (bicyclic) bond motifs is 1. The molecule has 0 aromatic heterocycles. The van der Waals surface area contributed by atoms with Gasteiger partial charge in [-0.1, -0.05) is 35.9 Å². The van der Waals surface area contributed by atoms with Gasteiger partial charge in [0.05, 0.1) is 24.8 Å². The molecule has 2 aromatic carbocycles. The molecule has 0 heterocycles. The van der Waals surface area contributed by atoms with E-state index in [1.807, 2.05) is 19.1 Å². The molecular formula is C19H20ClNO3. The number of halogens is 1. The van der Waals surface area contributed by atoms with E-state index in [2.05, 4.69) is 17.4 Å². The zero-order valence-corrected chi connectivity index (χ0v) is 14.5. The van der Waals surface area contributed by atoms with Crippen LogP contribution in [0.25, 0.3) is 0 Å². The Morgan fingerprint density at radius 2 is 2.12 bits per heavy atom. The van der Waals surface area contributed by atoms with Crippen molar-refractivity contribution >= 4 is 17.5 Å². The van der Waals surface area contributed by atoms with Crippen LogP contribution in [0.15, 0.2) is 36.4 Å². The Bertz CT molecular complexity index is 760. The van der Waals surface area contributed by atoms with Crippen molar-refractivity contribution in [1.29, 1.82) is 0 Å². The number of hydrogen-bond acceptors (Lipinski definition) is 3. The minimum Gasteiger partial charge on any atom is -0.493 e. The summed E-state index contributed by atoms with van der Waals surface area (Å²) in [4.78, 5) is 12.6. The molecule has 1 amide bonds. The first kappa shape index (κ1) is 16.7. The summed E-state index contributed by atoms with van der Waals surface area (Å²) in [5.74, 6) is 0.755. The van der Waals surface area contributed by atoms with Gasteiger partial charge in [0.15, 0.2) is 11.5 Å². The van der Waals surface area contributed by atoms with E-state index < -0.39 is 0 Å². The molecule has 2 aromatic rings. The van der Waals surface area contributed by atoms with Gasteiger partial charge in [0.25, 0.3) is 5.91 Å². The molecule has 0 bridgehead atoms. The number of amides is 1. The average molecular weight is 346 g/mol. The number of aryl methyl sites for hydroxylation is 1. The molecule has 1 aliphatic carbocycles. The first-order valence-corrected chi connectivity index (χ1v) is 8.40. The van der Waals surface area contributed by atoms with E-state index in [-0.39, 0.29) is 11.9 Å². The zero-order chi connectivity index (χ0) is 17.1. The van der Waals surface area contributed by atoms with Crippen LogP contribution in [0.1, 0.15) is 40.9 Å². The summed E-state index contributed by atoms with van der Waals surface area (Å²) >= 11 is 6.25. The fourth-order valence-electron chi connectivity index (χ4n) is 3.08. The first-order chi connectivity index (χ1) is 11.6. The molecule has 0 aliphatic heterocycles. The lowest BCUT2D eigenvalue weighted by Crippen LogP contribution is -2.27. The maximum absolute atomic E-state index is 12.6. The van der Waals surface area contributed by atoms with Crippen molar-refractivity contribution < 1.29 is 14.3 Å². The molecule has 1 N–H and O–H groups in total. The summed E-state index contributed by atoms with van der Waals surface area (Å²) in [6, 6.07) is 11.5. The molecule has 0 saturated carbocycles. The summed E-state index contributed by atoms with van der Waals surface area (Å²) in [6.07, 6.45) is 1.89. The fraction of sp³-hybridized carbons (Fsp3) is 0.316. The van der Waals surface area contributed by atoms with Crippen LogP contribution in [0.4, 0.5) is 0 Å². The van der Waals surface area contributed by atoms with Gasteiger partial charge >= 0.3 is 0 Å². The predicted molar refractivity (Wildman–Crippen MR) is 94.1 cm³/mol. The highest BCUT2D eigenvalue weighted by Crippen LogP contribution is 2.37. The molecule has 1 atom stereocenters. The predicted octanol–water partition coefficient (Wildman–Crippen LogP) is 4.16. The summed E-state index contributed by atoms with van der Waals surface area (Å²) in [7, 11) is 1.53. The van der Waals surface area contributed by atoms with Crippen LogP contribution in [-0.2, 0) is 6.42 Å². The topological polar surface area (TPSA) is 47.6 Å². The van der Waals surface area contributed by atoms with E-state index in [1.54, 1.807) is 12.1 Å². The minimum atomic E-state index is -0.167. The highest BCUT2D eigenvalue weighted by Gasteiger charge is 2.24. The molecule has 0 radical (unpaired) electrons. The van der Waals surface area contributed by atoms with Crippen molar-refractivity contribution in [2.45, 2.75) is 25.8 Å². The Morgan fingerprint density at radius 3 is 2.88 bits per heavy atom. The smallest absolute Gasteiger partial charge is 0.251 e. The normalized spacial score (nSPS) is 15.7. The van der Waals surface area contributed by atoms with Crippen LogP contribution < -0.4 is 14.8 Å². The average Bonchev–Trinajstić information content (AvgIpc) is 2.99. The van der Waals surface area contributed by atoms with Crippen molar-refractivity contribution in [1.82, 2.24) is 5.32 Å². The summed E-state index contributed by atoms with van der Waals surface area (Å²) in [6.45, 7) is 2.34. The third kappa shape index (κ3) is 3.20. The molecule has 24 heavy (non-hydrogen) atoms. The van der Waals surface area contributed by atoms with Gasteiger partial charge in [-0.15, -0.1) is 0 Å². The van der Waals surface area contributed by atoms with Crippen molar-refractivity contribution in [2.24, 2.45) is 0 Å². The largest absolute Gasteiger partial charge is 0.493 e. The second-order valence-corrected chi connectivity index (χ2v) is 6.09. The molecule has 0 unspecified atom stereocenters. The van der Waals surface area contributed by atoms with E-state index in [4.69, 9.17) is 21.1 Å². The highest BCUT2D eigenvalue weighted by molar-refractivity contribution is 6.32. The Balaban J connectivity index is 1.82. The highest BCUT2D eigenvalue weighted by atomic mass is 35.5. The van der Waals surface area contributed by atoms with Crippen LogP contribution in [0.2, 0.25) is 5.02 Å². The number of nitrogens with one attached hydrogen (secondary N) is 1. The maximum Gasteiger partial charge on any atom is 0.251 e. The van der Waals surface area contributed by atoms with Crippen LogP contribution in [0.5, 0.6) is 11.5 Å². The molecule has 0 spiro atoms. The number of benzene rings is 2. The lowest BCUT2D eigenvalue weighted by Gasteiger charge is -2.16. The van der Waals surface area contributed by atoms with Crippen LogP contribution in [0, 0.1) is 0 Å². The third-order valence-corrected chi connectivity index (χ3v) is 4.50. The summed E-state index contributed by atoms with van der Waals surface area (Å²) in [5.41, 5.74) is 2.95. The minimum absolute atomic E-state index is 0.0324. The quantitative estimate of drug-likeness (QED) is 0.885. The Kier molecular flexibility index (Phi) is 4.95. The number of carbonyl (C=O) groups excluding carboxylic acids is 1. The Morgan fingerprint density at radius 1 is 1.33 bits per heavy atom. The van der Waals surface area contributed by atoms with Crippen LogP contribution in [-0.4, -0.2) is 19.6 Å². The molecule has 126 valence electrons. The van der Waals surface area contributed by atoms with Crippen molar-refractivity contribution in [2.75, 3.05) is 13.7 Å². The van der Waals surface area contributed by atoms with E-state index in [0.29, 0.717) is 28.7 Å². The van der Waals surface area contributed by atoms with Gasteiger partial charge in [0.2, 0.25) is 0 Å². The lowest BCUT2D eigenvalue weighted by molar-refractivity contribution is 0.0936. The van der Waals surface area contributed by atoms with Crippen LogP contribution >= 0.6 is 11.6 Å². The molecular weight excluding hydrogens is 326 g/mol. The van der Waals surface area contributed by atoms with Crippen molar-refractivity contribution in [3.05, 3.63) is 58.1 Å². The third-order valence-electron chi connectivity index (χ3n) is 4.22. The summed E-state index contributed by atoms with van der Waals surface area (Å²) < 4.78 is 10.8. The van der Waals surface area contributed by atoms with E-state index in [0.717, 1.165) is 12.8 Å². The molecule has 0 saturated heterocycles. The van der Waals surface area contributed by atoms with Gasteiger partial charge in [-0.2, -0.15) is 0 Å². The number of carbonyl (C=O) groups is 1. The van der Waals surface area contributed by atoms with Gasteiger partial charge in [0.1, 0.15) is 0 Å². The van der Waals surface area contributed by atoms with Gasteiger partial charge in [0, 0.05) is 5.56 Å². The van der Waals surface area contributed by atoms with Crippen molar-refractivity contribution in [3.8, 4) is 11.5 Å². The first-order valence-electron chi connectivity index (χ1n) is 8.03. The standard InChI is InChI=1S/C19H20ClNO3/c1-3-24-18-15(20)10-13(11-17(18)23-2)19(22)21-16-9-8-12-6-4-5-7-14(12)16/h4-7,10-11,16H,3,8-9H2,1-2H3,(H,21,22)/t16-/m0/s1.